The maximum atomic E-state index is 11.9. The smallest absolute Gasteiger partial charge is 0.267 e. The van der Waals surface area contributed by atoms with Crippen molar-refractivity contribution in [1.29, 1.82) is 0 Å². The molecule has 1 aliphatic carbocycles. The van der Waals surface area contributed by atoms with Crippen molar-refractivity contribution in [3.05, 3.63) is 18.0 Å². The Morgan fingerprint density at radius 3 is 2.88 bits per heavy atom. The summed E-state index contributed by atoms with van der Waals surface area (Å²) in [6.07, 6.45) is 5.51. The first-order valence-electron chi connectivity index (χ1n) is 6.26. The fourth-order valence-electron chi connectivity index (χ4n) is 2.65. The summed E-state index contributed by atoms with van der Waals surface area (Å²) in [5.41, 5.74) is 6.92. The van der Waals surface area contributed by atoms with Crippen molar-refractivity contribution in [3.8, 4) is 0 Å². The molecule has 1 aromatic heterocycles. The first-order chi connectivity index (χ1) is 8.06. The largest absolute Gasteiger partial charge is 0.397 e. The molecule has 1 aromatic rings. The Hall–Kier alpha value is -1.45. The number of amides is 1. The Balaban J connectivity index is 1.87. The van der Waals surface area contributed by atoms with Gasteiger partial charge >= 0.3 is 0 Å². The summed E-state index contributed by atoms with van der Waals surface area (Å²) in [7, 11) is 1.84. The second-order valence-electron chi connectivity index (χ2n) is 5.26. The van der Waals surface area contributed by atoms with Crippen molar-refractivity contribution in [3.63, 3.8) is 0 Å². The van der Waals surface area contributed by atoms with Gasteiger partial charge in [0.05, 0.1) is 5.69 Å². The highest BCUT2D eigenvalue weighted by atomic mass is 16.1. The normalized spacial score (nSPS) is 23.9. The molecule has 1 saturated carbocycles. The van der Waals surface area contributed by atoms with Gasteiger partial charge in [0.15, 0.2) is 0 Å². The highest BCUT2D eigenvalue weighted by Gasteiger charge is 2.22. The van der Waals surface area contributed by atoms with Crippen molar-refractivity contribution in [1.82, 2.24) is 9.88 Å². The van der Waals surface area contributed by atoms with Crippen LogP contribution < -0.4 is 11.1 Å². The van der Waals surface area contributed by atoms with Crippen molar-refractivity contribution in [2.45, 2.75) is 26.2 Å². The lowest BCUT2D eigenvalue weighted by atomic mass is 10.1. The minimum Gasteiger partial charge on any atom is -0.397 e. The fraction of sp³-hybridized carbons (Fsp3) is 0.615. The Morgan fingerprint density at radius 2 is 2.35 bits per heavy atom. The van der Waals surface area contributed by atoms with E-state index in [2.05, 4.69) is 12.2 Å². The van der Waals surface area contributed by atoms with E-state index in [0.717, 1.165) is 12.5 Å². The molecule has 2 rings (SSSR count). The number of hydrogen-bond acceptors (Lipinski definition) is 2. The number of aromatic nitrogens is 1. The summed E-state index contributed by atoms with van der Waals surface area (Å²) in [6, 6.07) is 1.71. The highest BCUT2D eigenvalue weighted by molar-refractivity contribution is 5.93. The topological polar surface area (TPSA) is 60.1 Å². The number of nitrogens with two attached hydrogens (primary N) is 1. The quantitative estimate of drug-likeness (QED) is 0.839. The molecule has 0 radical (unpaired) electrons. The van der Waals surface area contributed by atoms with Gasteiger partial charge in [-0.2, -0.15) is 0 Å². The van der Waals surface area contributed by atoms with Gasteiger partial charge in [-0.25, -0.2) is 0 Å². The number of nitrogens with one attached hydrogen (secondary N) is 1. The van der Waals surface area contributed by atoms with Gasteiger partial charge in [-0.3, -0.25) is 4.79 Å². The van der Waals surface area contributed by atoms with Crippen LogP contribution in [0.3, 0.4) is 0 Å². The summed E-state index contributed by atoms with van der Waals surface area (Å²) in [4.78, 5) is 11.9. The number of nitrogen functional groups attached to an aromatic ring is 1. The van der Waals surface area contributed by atoms with Gasteiger partial charge in [-0.15, -0.1) is 0 Å². The van der Waals surface area contributed by atoms with Crippen LogP contribution in [-0.4, -0.2) is 17.0 Å². The standard InChI is InChI=1S/C13H21N3O/c1-9-3-4-10(5-9)7-15-13(17)12-6-11(14)8-16(12)2/h6,8-10H,3-5,7,14H2,1-2H3,(H,15,17). The molecule has 0 bridgehead atoms. The average molecular weight is 235 g/mol. The molecule has 4 heteroatoms. The summed E-state index contributed by atoms with van der Waals surface area (Å²) in [5, 5.41) is 3.00. The van der Waals surface area contributed by atoms with Crippen LogP contribution in [-0.2, 0) is 7.05 Å². The first kappa shape index (κ1) is 12.0. The molecule has 94 valence electrons. The number of carbonyl (C=O) groups excluding carboxylic acids is 1. The lowest BCUT2D eigenvalue weighted by Crippen LogP contribution is -2.29. The summed E-state index contributed by atoms with van der Waals surface area (Å²) in [6.45, 7) is 3.06. The van der Waals surface area contributed by atoms with E-state index in [9.17, 15) is 4.79 Å². The van der Waals surface area contributed by atoms with Crippen LogP contribution in [0.4, 0.5) is 5.69 Å². The molecule has 4 nitrogen and oxygen atoms in total. The molecule has 0 saturated heterocycles. The van der Waals surface area contributed by atoms with Crippen LogP contribution in [0.25, 0.3) is 0 Å². The zero-order valence-electron chi connectivity index (χ0n) is 10.6. The van der Waals surface area contributed by atoms with E-state index in [1.807, 2.05) is 7.05 Å². The molecule has 1 fully saturated rings. The summed E-state index contributed by atoms with van der Waals surface area (Å²) in [5.74, 6) is 1.43. The minimum atomic E-state index is -0.0243. The molecule has 0 aliphatic heterocycles. The molecule has 1 aliphatic rings. The summed E-state index contributed by atoms with van der Waals surface area (Å²) >= 11 is 0. The van der Waals surface area contributed by atoms with Crippen LogP contribution in [0.2, 0.25) is 0 Å². The fourth-order valence-corrected chi connectivity index (χ4v) is 2.65. The SMILES string of the molecule is CC1CCC(CNC(=O)c2cc(N)cn2C)C1. The highest BCUT2D eigenvalue weighted by Crippen LogP contribution is 2.29. The van der Waals surface area contributed by atoms with Gasteiger partial charge < -0.3 is 15.6 Å². The number of nitrogens with zero attached hydrogens (tertiary/aromatic N) is 1. The lowest BCUT2D eigenvalue weighted by Gasteiger charge is -2.11. The Bertz CT molecular complexity index is 411. The molecule has 17 heavy (non-hydrogen) atoms. The van der Waals surface area contributed by atoms with Gasteiger partial charge in [-0.1, -0.05) is 13.3 Å². The predicted octanol–water partition coefficient (Wildman–Crippen LogP) is 1.77. The van der Waals surface area contributed by atoms with Crippen LogP contribution in [0.1, 0.15) is 36.7 Å². The first-order valence-corrected chi connectivity index (χ1v) is 6.26. The van der Waals surface area contributed by atoms with Gasteiger partial charge in [0.1, 0.15) is 5.69 Å². The number of carbonyl (C=O) groups is 1. The van der Waals surface area contributed by atoms with Gasteiger partial charge in [0, 0.05) is 19.8 Å². The van der Waals surface area contributed by atoms with Gasteiger partial charge in [0.2, 0.25) is 0 Å². The lowest BCUT2D eigenvalue weighted by molar-refractivity contribution is 0.0939. The maximum Gasteiger partial charge on any atom is 0.267 e. The van der Waals surface area contributed by atoms with E-state index < -0.39 is 0 Å². The van der Waals surface area contributed by atoms with Gasteiger partial charge in [-0.05, 0) is 30.7 Å². The third-order valence-corrected chi connectivity index (χ3v) is 3.61. The molecular formula is C13H21N3O. The Labute approximate surface area is 102 Å². The maximum absolute atomic E-state index is 11.9. The van der Waals surface area contributed by atoms with E-state index in [-0.39, 0.29) is 5.91 Å². The van der Waals surface area contributed by atoms with E-state index in [4.69, 9.17) is 5.73 Å². The van der Waals surface area contributed by atoms with Crippen LogP contribution in [0.5, 0.6) is 0 Å². The van der Waals surface area contributed by atoms with Crippen molar-refractivity contribution >= 4 is 11.6 Å². The van der Waals surface area contributed by atoms with Crippen LogP contribution in [0.15, 0.2) is 12.3 Å². The molecule has 0 spiro atoms. The number of aryl methyl sites for hydroxylation is 1. The van der Waals surface area contributed by atoms with E-state index in [0.29, 0.717) is 17.3 Å². The number of anilines is 1. The van der Waals surface area contributed by atoms with E-state index >= 15 is 0 Å². The monoisotopic (exact) mass is 235 g/mol. The predicted molar refractivity (Wildman–Crippen MR) is 68.7 cm³/mol. The molecule has 2 atom stereocenters. The van der Waals surface area contributed by atoms with Gasteiger partial charge in [0.25, 0.3) is 5.91 Å². The third kappa shape index (κ3) is 2.81. The number of hydrogen-bond donors (Lipinski definition) is 2. The summed E-state index contributed by atoms with van der Waals surface area (Å²) < 4.78 is 1.77. The molecule has 0 aromatic carbocycles. The number of rotatable bonds is 3. The average Bonchev–Trinajstić information content (AvgIpc) is 2.81. The zero-order valence-corrected chi connectivity index (χ0v) is 10.6. The van der Waals surface area contributed by atoms with Crippen molar-refractivity contribution in [2.24, 2.45) is 18.9 Å². The molecule has 1 amide bonds. The van der Waals surface area contributed by atoms with E-state index in [1.165, 1.54) is 19.3 Å². The van der Waals surface area contributed by atoms with Crippen LogP contribution >= 0.6 is 0 Å². The minimum absolute atomic E-state index is 0.0243. The van der Waals surface area contributed by atoms with E-state index in [1.54, 1.807) is 16.8 Å². The zero-order chi connectivity index (χ0) is 12.4. The second-order valence-corrected chi connectivity index (χ2v) is 5.26. The van der Waals surface area contributed by atoms with Crippen molar-refractivity contribution < 1.29 is 4.79 Å². The molecule has 3 N–H and O–H groups in total. The molecular weight excluding hydrogens is 214 g/mol. The molecule has 2 unspecified atom stereocenters. The molecule has 1 heterocycles. The van der Waals surface area contributed by atoms with Crippen molar-refractivity contribution in [2.75, 3.05) is 12.3 Å². The third-order valence-electron chi connectivity index (χ3n) is 3.61. The Kier molecular flexibility index (Phi) is 3.41. The second kappa shape index (κ2) is 4.82. The Morgan fingerprint density at radius 1 is 1.59 bits per heavy atom. The van der Waals surface area contributed by atoms with Crippen LogP contribution in [0, 0.1) is 11.8 Å².